The zero-order chi connectivity index (χ0) is 16.7. The van der Waals surface area contributed by atoms with Crippen LogP contribution in [0.25, 0.3) is 0 Å². The van der Waals surface area contributed by atoms with Gasteiger partial charge in [-0.2, -0.15) is 0 Å². The zero-order valence-electron chi connectivity index (χ0n) is 14.5. The fraction of sp³-hybridized carbons (Fsp3) is 0.778. The van der Waals surface area contributed by atoms with Crippen molar-refractivity contribution < 1.29 is 9.59 Å². The number of unbranched alkanes of at least 4 members (excludes halogenated alkanes) is 2. The van der Waals surface area contributed by atoms with Gasteiger partial charge in [-0.15, -0.1) is 11.8 Å². The van der Waals surface area contributed by atoms with Gasteiger partial charge in [-0.25, -0.2) is 0 Å². The van der Waals surface area contributed by atoms with Gasteiger partial charge in [0.15, 0.2) is 0 Å². The quantitative estimate of drug-likeness (QED) is 0.649. The number of hydrogen-bond donors (Lipinski definition) is 1. The molecule has 0 radical (unpaired) electrons. The van der Waals surface area contributed by atoms with Gasteiger partial charge < -0.3 is 4.90 Å². The highest BCUT2D eigenvalue weighted by Gasteiger charge is 2.35. The fourth-order valence-corrected chi connectivity index (χ4v) is 4.60. The molecule has 0 atom stereocenters. The number of imide groups is 1. The topological polar surface area (TPSA) is 49.4 Å². The van der Waals surface area contributed by atoms with Crippen molar-refractivity contribution >= 4 is 23.6 Å². The minimum atomic E-state index is -0.194. The van der Waals surface area contributed by atoms with Crippen LogP contribution in [0, 0.1) is 0 Å². The van der Waals surface area contributed by atoms with Crippen molar-refractivity contribution in [1.29, 1.82) is 0 Å². The zero-order valence-corrected chi connectivity index (χ0v) is 15.3. The average molecular weight is 339 g/mol. The number of thioether (sulfide) groups is 1. The summed E-state index contributed by atoms with van der Waals surface area (Å²) in [6.07, 6.45) is 10.4. The summed E-state index contributed by atoms with van der Waals surface area (Å²) in [5.74, 6) is -0.376. The van der Waals surface area contributed by atoms with Crippen LogP contribution >= 0.6 is 11.8 Å². The Labute approximate surface area is 144 Å². The van der Waals surface area contributed by atoms with Crippen molar-refractivity contribution in [1.82, 2.24) is 10.2 Å². The highest BCUT2D eigenvalue weighted by atomic mass is 32.2. The van der Waals surface area contributed by atoms with Crippen LogP contribution < -0.4 is 5.32 Å². The molecule has 1 N–H and O–H groups in total. The smallest absolute Gasteiger partial charge is 0.275 e. The van der Waals surface area contributed by atoms with E-state index in [4.69, 9.17) is 0 Å². The van der Waals surface area contributed by atoms with Crippen molar-refractivity contribution in [3.05, 3.63) is 10.6 Å². The predicted molar refractivity (Wildman–Crippen MR) is 96.0 cm³/mol. The van der Waals surface area contributed by atoms with E-state index in [1.807, 2.05) is 0 Å². The molecular formula is C18H30N2O2S. The largest absolute Gasteiger partial charge is 0.366 e. The lowest BCUT2D eigenvalue weighted by atomic mass is 10.0. The second kappa shape index (κ2) is 9.36. The molecule has 130 valence electrons. The third-order valence-corrected chi connectivity index (χ3v) is 6.00. The van der Waals surface area contributed by atoms with E-state index in [-0.39, 0.29) is 11.8 Å². The number of amides is 2. The lowest BCUT2D eigenvalue weighted by Crippen LogP contribution is -2.32. The molecule has 1 fully saturated rings. The number of carbonyl (C=O) groups excluding carboxylic acids is 2. The van der Waals surface area contributed by atoms with Crippen molar-refractivity contribution in [2.75, 3.05) is 13.1 Å². The summed E-state index contributed by atoms with van der Waals surface area (Å²) in [5.41, 5.74) is 0.646. The molecule has 1 saturated carbocycles. The monoisotopic (exact) mass is 338 g/mol. The molecule has 23 heavy (non-hydrogen) atoms. The van der Waals surface area contributed by atoms with E-state index in [0.29, 0.717) is 15.9 Å². The maximum absolute atomic E-state index is 12.4. The van der Waals surface area contributed by atoms with Gasteiger partial charge in [-0.05, 0) is 25.7 Å². The third kappa shape index (κ3) is 5.00. The minimum absolute atomic E-state index is 0.182. The Morgan fingerprint density at radius 2 is 1.61 bits per heavy atom. The van der Waals surface area contributed by atoms with Crippen LogP contribution in [0.2, 0.25) is 0 Å². The summed E-state index contributed by atoms with van der Waals surface area (Å²) < 4.78 is 0. The molecule has 0 bridgehead atoms. The molecular weight excluding hydrogens is 308 g/mol. The molecule has 1 heterocycles. The van der Waals surface area contributed by atoms with E-state index >= 15 is 0 Å². The second-order valence-corrected chi connectivity index (χ2v) is 7.84. The number of rotatable bonds is 9. The Balaban J connectivity index is 2.18. The summed E-state index contributed by atoms with van der Waals surface area (Å²) >= 11 is 1.65. The molecule has 0 unspecified atom stereocenters. The van der Waals surface area contributed by atoms with Gasteiger partial charge in [0.2, 0.25) is 0 Å². The highest BCUT2D eigenvalue weighted by Crippen LogP contribution is 2.37. The predicted octanol–water partition coefficient (Wildman–Crippen LogP) is 3.82. The van der Waals surface area contributed by atoms with Crippen molar-refractivity contribution in [3.63, 3.8) is 0 Å². The van der Waals surface area contributed by atoms with Gasteiger partial charge in [0.05, 0.1) is 0 Å². The van der Waals surface area contributed by atoms with Gasteiger partial charge in [0.1, 0.15) is 10.6 Å². The lowest BCUT2D eigenvalue weighted by molar-refractivity contribution is -0.124. The number of carbonyl (C=O) groups is 2. The van der Waals surface area contributed by atoms with Crippen LogP contribution in [0.1, 0.15) is 71.6 Å². The van der Waals surface area contributed by atoms with Crippen LogP contribution in [0.5, 0.6) is 0 Å². The Kier molecular flexibility index (Phi) is 7.47. The first-order valence-electron chi connectivity index (χ1n) is 9.18. The maximum Gasteiger partial charge on any atom is 0.275 e. The van der Waals surface area contributed by atoms with Crippen molar-refractivity contribution in [2.24, 2.45) is 0 Å². The van der Waals surface area contributed by atoms with E-state index < -0.39 is 0 Å². The van der Waals surface area contributed by atoms with Gasteiger partial charge in [0.25, 0.3) is 11.8 Å². The standard InChI is InChI=1S/C18H30N2O2S/c1-3-5-12-20(13-6-4-2)15-16(18(22)19-17(15)21)23-14-10-8-7-9-11-14/h14H,3-13H2,1-2H3,(H,19,21,22). The molecule has 4 nitrogen and oxygen atoms in total. The van der Waals surface area contributed by atoms with E-state index in [2.05, 4.69) is 24.1 Å². The molecule has 0 saturated heterocycles. The van der Waals surface area contributed by atoms with Gasteiger partial charge in [-0.1, -0.05) is 46.0 Å². The average Bonchev–Trinajstić information content (AvgIpc) is 2.83. The molecule has 0 aromatic carbocycles. The first-order chi connectivity index (χ1) is 11.2. The normalized spacial score (nSPS) is 19.4. The summed E-state index contributed by atoms with van der Waals surface area (Å²) in [6, 6.07) is 0. The maximum atomic E-state index is 12.4. The van der Waals surface area contributed by atoms with E-state index in [9.17, 15) is 9.59 Å². The molecule has 5 heteroatoms. The SMILES string of the molecule is CCCCN(CCCC)C1=C(SC2CCCCC2)C(=O)NC1=O. The first-order valence-corrected chi connectivity index (χ1v) is 10.1. The molecule has 1 aliphatic carbocycles. The van der Waals surface area contributed by atoms with E-state index in [1.54, 1.807) is 11.8 Å². The Morgan fingerprint density at radius 1 is 1.00 bits per heavy atom. The summed E-state index contributed by atoms with van der Waals surface area (Å²) in [6.45, 7) is 6.04. The first kappa shape index (κ1) is 18.4. The molecule has 1 aliphatic heterocycles. The Hall–Kier alpha value is -0.970. The third-order valence-electron chi connectivity index (χ3n) is 4.58. The van der Waals surface area contributed by atoms with Crippen LogP contribution in [0.15, 0.2) is 10.6 Å². The summed E-state index contributed by atoms with van der Waals surface area (Å²) in [5, 5.41) is 3.02. The molecule has 0 aromatic rings. The van der Waals surface area contributed by atoms with Crippen LogP contribution in [0.3, 0.4) is 0 Å². The number of hydrogen-bond acceptors (Lipinski definition) is 4. The van der Waals surface area contributed by atoms with Gasteiger partial charge in [-0.3, -0.25) is 14.9 Å². The highest BCUT2D eigenvalue weighted by molar-refractivity contribution is 8.04. The Morgan fingerprint density at radius 3 is 2.17 bits per heavy atom. The second-order valence-electron chi connectivity index (χ2n) is 6.53. The minimum Gasteiger partial charge on any atom is -0.366 e. The molecule has 2 amide bonds. The molecule has 0 aromatic heterocycles. The fourth-order valence-electron chi connectivity index (χ4n) is 3.21. The van der Waals surface area contributed by atoms with Crippen LogP contribution in [-0.4, -0.2) is 35.1 Å². The van der Waals surface area contributed by atoms with Gasteiger partial charge >= 0.3 is 0 Å². The number of nitrogens with one attached hydrogen (secondary N) is 1. The molecule has 2 aliphatic rings. The summed E-state index contributed by atoms with van der Waals surface area (Å²) in [7, 11) is 0. The molecule has 2 rings (SSSR count). The lowest BCUT2D eigenvalue weighted by Gasteiger charge is -2.26. The molecule has 0 spiro atoms. The van der Waals surface area contributed by atoms with E-state index in [1.165, 1.54) is 19.3 Å². The van der Waals surface area contributed by atoms with Crippen molar-refractivity contribution in [3.8, 4) is 0 Å². The van der Waals surface area contributed by atoms with E-state index in [0.717, 1.165) is 51.6 Å². The van der Waals surface area contributed by atoms with Crippen LogP contribution in [-0.2, 0) is 9.59 Å². The van der Waals surface area contributed by atoms with Crippen LogP contribution in [0.4, 0.5) is 0 Å². The van der Waals surface area contributed by atoms with Gasteiger partial charge in [0, 0.05) is 18.3 Å². The van der Waals surface area contributed by atoms with Crippen molar-refractivity contribution in [2.45, 2.75) is 76.9 Å². The number of nitrogens with zero attached hydrogens (tertiary/aromatic N) is 1. The Bertz CT molecular complexity index is 448. The summed E-state index contributed by atoms with van der Waals surface area (Å²) in [4.78, 5) is 27.5.